The molecule has 2 atom stereocenters. The van der Waals surface area contributed by atoms with Crippen molar-refractivity contribution in [2.45, 2.75) is 32.0 Å². The normalized spacial score (nSPS) is 24.7. The summed E-state index contributed by atoms with van der Waals surface area (Å²) in [7, 11) is 0. The number of halogens is 1. The van der Waals surface area contributed by atoms with E-state index in [-0.39, 0.29) is 5.76 Å². The van der Waals surface area contributed by atoms with E-state index in [2.05, 4.69) is 4.74 Å². The predicted molar refractivity (Wildman–Crippen MR) is 82.0 cm³/mol. The fraction of sp³-hybridized carbons (Fsp3) is 0.312. The fourth-order valence-electron chi connectivity index (χ4n) is 2.33. The van der Waals surface area contributed by atoms with Gasteiger partial charge >= 0.3 is 12.3 Å². The van der Waals surface area contributed by atoms with Crippen molar-refractivity contribution < 1.29 is 34.0 Å². The fourth-order valence-corrected chi connectivity index (χ4v) is 2.50. The van der Waals surface area contributed by atoms with E-state index >= 15 is 0 Å². The molecule has 2 N–H and O–H groups in total. The minimum Gasteiger partial charge on any atom is -0.504 e. The Morgan fingerprint density at radius 2 is 2.12 bits per heavy atom. The van der Waals surface area contributed by atoms with Crippen LogP contribution in [-0.2, 0) is 24.6 Å². The molecule has 2 unspecified atom stereocenters. The smallest absolute Gasteiger partial charge is 0.381 e. The van der Waals surface area contributed by atoms with E-state index < -0.39 is 29.9 Å². The zero-order valence-electron chi connectivity index (χ0n) is 12.9. The number of allylic oxidation sites excluding steroid dienone is 1. The molecule has 0 bridgehead atoms. The highest BCUT2D eigenvalue weighted by atomic mass is 35.5. The van der Waals surface area contributed by atoms with Crippen molar-refractivity contribution in [2.75, 3.05) is 0 Å². The van der Waals surface area contributed by atoms with Gasteiger partial charge in [0.1, 0.15) is 5.75 Å². The summed E-state index contributed by atoms with van der Waals surface area (Å²) in [6, 6.07) is 4.97. The third-order valence-corrected chi connectivity index (χ3v) is 3.78. The number of fused-ring (bicyclic) bond motifs is 1. The molecule has 7 nitrogen and oxygen atoms in total. The molecule has 8 heteroatoms. The number of benzene rings is 1. The SMILES string of the molecule is CC1(C)OC(C(=O)OC2=C(O)C(O)OC=C2)Oc2ccc(Cl)cc21. The van der Waals surface area contributed by atoms with Crippen molar-refractivity contribution in [2.24, 2.45) is 0 Å². The lowest BCUT2D eigenvalue weighted by atomic mass is 9.96. The van der Waals surface area contributed by atoms with Crippen molar-refractivity contribution in [1.29, 1.82) is 0 Å². The number of carbonyl (C=O) groups excluding carboxylic acids is 1. The first-order chi connectivity index (χ1) is 11.3. The Morgan fingerprint density at radius 1 is 1.38 bits per heavy atom. The van der Waals surface area contributed by atoms with Crippen molar-refractivity contribution in [3.63, 3.8) is 0 Å². The molecule has 2 heterocycles. The van der Waals surface area contributed by atoms with Crippen LogP contribution in [0.4, 0.5) is 0 Å². The predicted octanol–water partition coefficient (Wildman–Crippen LogP) is 2.49. The zero-order chi connectivity index (χ0) is 17.5. The van der Waals surface area contributed by atoms with E-state index in [0.29, 0.717) is 16.3 Å². The number of carbonyl (C=O) groups is 1. The third kappa shape index (κ3) is 3.06. The van der Waals surface area contributed by atoms with Crippen LogP contribution < -0.4 is 4.74 Å². The molecule has 128 valence electrons. The van der Waals surface area contributed by atoms with Gasteiger partial charge in [-0.2, -0.15) is 0 Å². The summed E-state index contributed by atoms with van der Waals surface area (Å²) in [5.74, 6) is -1.30. The molecule has 0 aromatic heterocycles. The number of aliphatic hydroxyl groups is 2. The van der Waals surface area contributed by atoms with Crippen LogP contribution in [0.25, 0.3) is 0 Å². The van der Waals surface area contributed by atoms with Gasteiger partial charge in [-0.1, -0.05) is 11.6 Å². The molecule has 0 aliphatic carbocycles. The highest BCUT2D eigenvalue weighted by Crippen LogP contribution is 2.40. The lowest BCUT2D eigenvalue weighted by Crippen LogP contribution is -2.43. The van der Waals surface area contributed by atoms with Crippen molar-refractivity contribution >= 4 is 17.6 Å². The highest BCUT2D eigenvalue weighted by molar-refractivity contribution is 6.30. The lowest BCUT2D eigenvalue weighted by molar-refractivity contribution is -0.208. The van der Waals surface area contributed by atoms with E-state index in [0.717, 1.165) is 6.26 Å². The van der Waals surface area contributed by atoms with Gasteiger partial charge < -0.3 is 29.2 Å². The van der Waals surface area contributed by atoms with Gasteiger partial charge in [-0.25, -0.2) is 4.79 Å². The van der Waals surface area contributed by atoms with Gasteiger partial charge in [0, 0.05) is 16.7 Å². The van der Waals surface area contributed by atoms with Gasteiger partial charge in [0.25, 0.3) is 6.29 Å². The molecule has 0 saturated heterocycles. The summed E-state index contributed by atoms with van der Waals surface area (Å²) in [4.78, 5) is 12.3. The summed E-state index contributed by atoms with van der Waals surface area (Å²) < 4.78 is 20.8. The summed E-state index contributed by atoms with van der Waals surface area (Å²) in [5.41, 5.74) is -0.147. The minimum atomic E-state index is -1.59. The zero-order valence-corrected chi connectivity index (χ0v) is 13.6. The standard InChI is InChI=1S/C16H15ClO7/c1-16(2)9-7-8(17)3-4-10(9)23-15(24-16)14(20)22-11-5-6-21-13(19)12(11)18/h3-7,13,15,18-19H,1-2H3. The maximum Gasteiger partial charge on any atom is 0.381 e. The van der Waals surface area contributed by atoms with Gasteiger partial charge in [-0.15, -0.1) is 0 Å². The first-order valence-corrected chi connectivity index (χ1v) is 7.45. The number of hydrogen-bond acceptors (Lipinski definition) is 7. The summed E-state index contributed by atoms with van der Waals surface area (Å²) in [5, 5.41) is 19.5. The molecular weight excluding hydrogens is 340 g/mol. The molecule has 0 fully saturated rings. The second-order valence-electron chi connectivity index (χ2n) is 5.68. The van der Waals surface area contributed by atoms with Crippen LogP contribution in [0.5, 0.6) is 5.75 Å². The first-order valence-electron chi connectivity index (χ1n) is 7.07. The highest BCUT2D eigenvalue weighted by Gasteiger charge is 2.40. The van der Waals surface area contributed by atoms with E-state index in [1.807, 2.05) is 0 Å². The quantitative estimate of drug-likeness (QED) is 0.788. The molecule has 0 saturated carbocycles. The van der Waals surface area contributed by atoms with Crippen molar-refractivity contribution in [3.05, 3.63) is 52.6 Å². The summed E-state index contributed by atoms with van der Waals surface area (Å²) in [6.45, 7) is 3.53. The lowest BCUT2D eigenvalue weighted by Gasteiger charge is -2.36. The van der Waals surface area contributed by atoms with Gasteiger partial charge in [-0.3, -0.25) is 0 Å². The van der Waals surface area contributed by atoms with E-state index in [4.69, 9.17) is 25.8 Å². The molecule has 0 radical (unpaired) electrons. The maximum absolute atomic E-state index is 12.3. The molecule has 1 aromatic carbocycles. The molecular formula is C16H15ClO7. The molecule has 0 amide bonds. The topological polar surface area (TPSA) is 94.5 Å². The number of hydrogen-bond donors (Lipinski definition) is 2. The average Bonchev–Trinajstić information content (AvgIpc) is 2.52. The minimum absolute atomic E-state index is 0.245. The average molecular weight is 355 g/mol. The Balaban J connectivity index is 1.81. The molecule has 2 aliphatic rings. The van der Waals surface area contributed by atoms with E-state index in [1.54, 1.807) is 32.0 Å². The monoisotopic (exact) mass is 354 g/mol. The van der Waals surface area contributed by atoms with E-state index in [9.17, 15) is 15.0 Å². The number of aliphatic hydroxyl groups excluding tert-OH is 2. The van der Waals surface area contributed by atoms with Gasteiger partial charge in [0.05, 0.1) is 11.9 Å². The van der Waals surface area contributed by atoms with E-state index in [1.165, 1.54) is 6.08 Å². The molecule has 1 aromatic rings. The van der Waals surface area contributed by atoms with Crippen LogP contribution in [0.3, 0.4) is 0 Å². The largest absolute Gasteiger partial charge is 0.504 e. The summed E-state index contributed by atoms with van der Waals surface area (Å²) in [6.07, 6.45) is -0.647. The Hall–Kier alpha value is -2.22. The van der Waals surface area contributed by atoms with Gasteiger partial charge in [0.15, 0.2) is 5.76 Å². The van der Waals surface area contributed by atoms with Crippen LogP contribution in [-0.4, -0.2) is 28.8 Å². The van der Waals surface area contributed by atoms with Crippen LogP contribution in [0.15, 0.2) is 42.1 Å². The second kappa shape index (κ2) is 6.01. The second-order valence-corrected chi connectivity index (χ2v) is 6.12. The van der Waals surface area contributed by atoms with Crippen LogP contribution in [0, 0.1) is 0 Å². The van der Waals surface area contributed by atoms with Gasteiger partial charge in [0.2, 0.25) is 5.76 Å². The number of esters is 1. The van der Waals surface area contributed by atoms with Crippen molar-refractivity contribution in [1.82, 2.24) is 0 Å². The Labute approximate surface area is 142 Å². The van der Waals surface area contributed by atoms with Crippen LogP contribution >= 0.6 is 11.6 Å². The van der Waals surface area contributed by atoms with Crippen LogP contribution in [0.2, 0.25) is 5.02 Å². The number of rotatable bonds is 2. The van der Waals surface area contributed by atoms with Crippen molar-refractivity contribution in [3.8, 4) is 5.75 Å². The van der Waals surface area contributed by atoms with Crippen LogP contribution in [0.1, 0.15) is 19.4 Å². The molecule has 2 aliphatic heterocycles. The maximum atomic E-state index is 12.3. The van der Waals surface area contributed by atoms with Gasteiger partial charge in [-0.05, 0) is 32.0 Å². The Kier molecular flexibility index (Phi) is 4.16. The molecule has 24 heavy (non-hydrogen) atoms. The Morgan fingerprint density at radius 3 is 2.88 bits per heavy atom. The number of ether oxygens (including phenoxy) is 4. The summed E-state index contributed by atoms with van der Waals surface area (Å²) >= 11 is 5.98. The molecule has 3 rings (SSSR count). The Bertz CT molecular complexity index is 738. The first kappa shape index (κ1) is 16.6. The third-order valence-electron chi connectivity index (χ3n) is 3.54. The molecule has 0 spiro atoms.